The summed E-state index contributed by atoms with van der Waals surface area (Å²) in [6.45, 7) is 3.31. The van der Waals surface area contributed by atoms with Crippen molar-refractivity contribution in [2.75, 3.05) is 13.2 Å². The average molecular weight is 371 g/mol. The van der Waals surface area contributed by atoms with Gasteiger partial charge in [-0.15, -0.1) is 0 Å². The molecule has 0 atom stereocenters. The smallest absolute Gasteiger partial charge is 0.308 e. The van der Waals surface area contributed by atoms with Crippen LogP contribution in [0, 0.1) is 0 Å². The highest BCUT2D eigenvalue weighted by molar-refractivity contribution is 5.67. The van der Waals surface area contributed by atoms with Gasteiger partial charge in [-0.1, -0.05) is 96.8 Å². The Balaban J connectivity index is 1.84. The predicted octanol–water partition coefficient (Wildman–Crippen LogP) is 6.47. The number of carbonyl (C=O) groups is 1. The van der Waals surface area contributed by atoms with Crippen molar-refractivity contribution in [1.82, 2.24) is 0 Å². The Morgan fingerprint density at radius 2 is 1.12 bits per heavy atom. The Labute approximate surface area is 161 Å². The second kappa shape index (κ2) is 15.4. The van der Waals surface area contributed by atoms with Crippen LogP contribution in [0.3, 0.4) is 0 Å². The Morgan fingerprint density at radius 3 is 1.50 bits per heavy atom. The highest BCUT2D eigenvalue weighted by Gasteiger charge is 2.38. The molecule has 26 heavy (non-hydrogen) atoms. The summed E-state index contributed by atoms with van der Waals surface area (Å²) in [5.41, 5.74) is 0. The molecule has 1 rings (SSSR count). The summed E-state index contributed by atoms with van der Waals surface area (Å²) in [6.07, 6.45) is 20.7. The third-order valence-electron chi connectivity index (χ3n) is 5.40. The second-order valence-corrected chi connectivity index (χ2v) is 7.88. The van der Waals surface area contributed by atoms with Crippen molar-refractivity contribution in [3.8, 4) is 0 Å². The zero-order valence-electron chi connectivity index (χ0n) is 17.1. The van der Waals surface area contributed by atoms with Crippen molar-refractivity contribution >= 4 is 5.97 Å². The molecule has 0 radical (unpaired) electrons. The Morgan fingerprint density at radius 1 is 0.731 bits per heavy atom. The fourth-order valence-corrected chi connectivity index (χ4v) is 3.83. The minimum atomic E-state index is -0.845. The van der Waals surface area contributed by atoms with Crippen LogP contribution >= 0.6 is 0 Å². The zero-order valence-corrected chi connectivity index (χ0v) is 17.1. The van der Waals surface area contributed by atoms with Gasteiger partial charge >= 0.3 is 5.97 Å². The monoisotopic (exact) mass is 370 g/mol. The van der Waals surface area contributed by atoms with Crippen LogP contribution in [0.1, 0.15) is 116 Å². The lowest BCUT2D eigenvalue weighted by Gasteiger charge is -2.25. The van der Waals surface area contributed by atoms with Gasteiger partial charge in [0.25, 0.3) is 0 Å². The fraction of sp³-hybridized carbons (Fsp3) is 0.955. The van der Waals surface area contributed by atoms with E-state index in [1.54, 1.807) is 0 Å². The Kier molecular flexibility index (Phi) is 13.9. The lowest BCUT2D eigenvalue weighted by molar-refractivity contribution is -0.182. The molecule has 1 saturated heterocycles. The van der Waals surface area contributed by atoms with E-state index in [2.05, 4.69) is 6.92 Å². The molecule has 4 heteroatoms. The van der Waals surface area contributed by atoms with Gasteiger partial charge in [0.2, 0.25) is 0 Å². The minimum absolute atomic E-state index is 0.0361. The van der Waals surface area contributed by atoms with Crippen LogP contribution < -0.4 is 0 Å². The largest absolute Gasteiger partial charge is 0.481 e. The van der Waals surface area contributed by atoms with Crippen molar-refractivity contribution in [2.24, 2.45) is 0 Å². The van der Waals surface area contributed by atoms with Gasteiger partial charge in [-0.05, 0) is 6.42 Å². The summed E-state index contributed by atoms with van der Waals surface area (Å²) in [4.78, 5) is 11.0. The topological polar surface area (TPSA) is 55.8 Å². The average Bonchev–Trinajstić information content (AvgIpc) is 3.06. The molecule has 1 aliphatic rings. The highest BCUT2D eigenvalue weighted by atomic mass is 16.7. The lowest BCUT2D eigenvalue weighted by Crippen LogP contribution is -2.33. The SMILES string of the molecule is CCCCCCCCCCCCCCCCCC1(CC(=O)O)OCCO1. The van der Waals surface area contributed by atoms with Crippen LogP contribution in [0.2, 0.25) is 0 Å². The zero-order chi connectivity index (χ0) is 18.9. The van der Waals surface area contributed by atoms with E-state index in [1.165, 1.54) is 83.5 Å². The minimum Gasteiger partial charge on any atom is -0.481 e. The highest BCUT2D eigenvalue weighted by Crippen LogP contribution is 2.29. The molecule has 1 aliphatic heterocycles. The van der Waals surface area contributed by atoms with E-state index in [1.807, 2.05) is 0 Å². The Bertz CT molecular complexity index is 337. The summed E-state index contributed by atoms with van der Waals surface area (Å²) in [6, 6.07) is 0. The number of unbranched alkanes of at least 4 members (excludes halogenated alkanes) is 14. The molecule has 0 aromatic heterocycles. The molecule has 154 valence electrons. The summed E-state index contributed by atoms with van der Waals surface area (Å²) >= 11 is 0. The van der Waals surface area contributed by atoms with E-state index in [9.17, 15) is 4.79 Å². The van der Waals surface area contributed by atoms with E-state index in [0.29, 0.717) is 19.6 Å². The third kappa shape index (κ3) is 11.9. The molecule has 1 heterocycles. The number of hydrogen-bond acceptors (Lipinski definition) is 3. The molecular weight excluding hydrogens is 328 g/mol. The molecule has 0 unspecified atom stereocenters. The maximum absolute atomic E-state index is 11.0. The number of aliphatic carboxylic acids is 1. The van der Waals surface area contributed by atoms with Gasteiger partial charge in [-0.25, -0.2) is 0 Å². The first-order chi connectivity index (χ1) is 12.7. The number of carboxylic acids is 1. The summed E-state index contributed by atoms with van der Waals surface area (Å²) in [7, 11) is 0. The molecule has 0 aromatic carbocycles. The van der Waals surface area contributed by atoms with Gasteiger partial charge < -0.3 is 14.6 Å². The van der Waals surface area contributed by atoms with Crippen molar-refractivity contribution in [2.45, 2.75) is 122 Å². The second-order valence-electron chi connectivity index (χ2n) is 7.88. The van der Waals surface area contributed by atoms with Crippen LogP contribution in [-0.2, 0) is 14.3 Å². The van der Waals surface area contributed by atoms with Gasteiger partial charge in [-0.2, -0.15) is 0 Å². The third-order valence-corrected chi connectivity index (χ3v) is 5.40. The molecule has 0 aliphatic carbocycles. The molecule has 0 amide bonds. The number of rotatable bonds is 18. The van der Waals surface area contributed by atoms with Crippen molar-refractivity contribution < 1.29 is 19.4 Å². The summed E-state index contributed by atoms with van der Waals surface area (Å²) in [5, 5.41) is 9.00. The van der Waals surface area contributed by atoms with E-state index in [4.69, 9.17) is 14.6 Å². The van der Waals surface area contributed by atoms with Gasteiger partial charge in [0.05, 0.1) is 19.6 Å². The van der Waals surface area contributed by atoms with Crippen LogP contribution in [0.15, 0.2) is 0 Å². The summed E-state index contributed by atoms with van der Waals surface area (Å²) < 4.78 is 11.1. The molecule has 0 aromatic rings. The van der Waals surface area contributed by atoms with Crippen LogP contribution in [-0.4, -0.2) is 30.1 Å². The molecule has 0 bridgehead atoms. The molecule has 1 N–H and O–H groups in total. The van der Waals surface area contributed by atoms with Crippen molar-refractivity contribution in [3.05, 3.63) is 0 Å². The fourth-order valence-electron chi connectivity index (χ4n) is 3.83. The molecule has 1 fully saturated rings. The first kappa shape index (κ1) is 23.4. The van der Waals surface area contributed by atoms with Crippen molar-refractivity contribution in [3.63, 3.8) is 0 Å². The van der Waals surface area contributed by atoms with Gasteiger partial charge in [0.15, 0.2) is 5.79 Å². The summed E-state index contributed by atoms with van der Waals surface area (Å²) in [5.74, 6) is -1.68. The number of ether oxygens (including phenoxy) is 2. The van der Waals surface area contributed by atoms with Crippen LogP contribution in [0.5, 0.6) is 0 Å². The van der Waals surface area contributed by atoms with E-state index in [-0.39, 0.29) is 6.42 Å². The quantitative estimate of drug-likeness (QED) is 0.281. The molecule has 0 saturated carbocycles. The van der Waals surface area contributed by atoms with Gasteiger partial charge in [0.1, 0.15) is 0 Å². The lowest BCUT2D eigenvalue weighted by atomic mass is 10.0. The van der Waals surface area contributed by atoms with E-state index >= 15 is 0 Å². The Hall–Kier alpha value is -0.610. The number of carboxylic acid groups (broad SMARTS) is 1. The normalized spacial score (nSPS) is 16.2. The predicted molar refractivity (Wildman–Crippen MR) is 106 cm³/mol. The molecular formula is C22H42O4. The molecule has 0 spiro atoms. The van der Waals surface area contributed by atoms with Gasteiger partial charge in [0, 0.05) is 6.42 Å². The van der Waals surface area contributed by atoms with E-state index in [0.717, 1.165) is 12.8 Å². The number of hydrogen-bond donors (Lipinski definition) is 1. The maximum atomic E-state index is 11.0. The standard InChI is InChI=1S/C22H42O4/c1-2-3-4-5-6-7-8-9-10-11-12-13-14-15-16-17-22(20-21(23)24)25-18-19-26-22/h2-20H2,1H3,(H,23,24). The van der Waals surface area contributed by atoms with Crippen LogP contribution in [0.4, 0.5) is 0 Å². The van der Waals surface area contributed by atoms with E-state index < -0.39 is 11.8 Å². The molecule has 4 nitrogen and oxygen atoms in total. The first-order valence-electron chi connectivity index (χ1n) is 11.2. The van der Waals surface area contributed by atoms with Crippen molar-refractivity contribution in [1.29, 1.82) is 0 Å². The van der Waals surface area contributed by atoms with Crippen LogP contribution in [0.25, 0.3) is 0 Å². The van der Waals surface area contributed by atoms with Gasteiger partial charge in [-0.3, -0.25) is 4.79 Å². The first-order valence-corrected chi connectivity index (χ1v) is 11.2. The maximum Gasteiger partial charge on any atom is 0.308 e.